The lowest BCUT2D eigenvalue weighted by atomic mass is 10.2. The number of carbonyl (C=O) groups excluding carboxylic acids is 1. The summed E-state index contributed by atoms with van der Waals surface area (Å²) in [7, 11) is 0. The van der Waals surface area contributed by atoms with E-state index in [0.717, 1.165) is 25.2 Å². The molecule has 0 saturated carbocycles. The molecule has 0 fully saturated rings. The van der Waals surface area contributed by atoms with Crippen molar-refractivity contribution in [1.29, 1.82) is 0 Å². The van der Waals surface area contributed by atoms with Crippen LogP contribution in [-0.4, -0.2) is 18.3 Å². The molecule has 1 amide bonds. The molecular weight excluding hydrogens is 204 g/mol. The van der Waals surface area contributed by atoms with Gasteiger partial charge in [0.05, 0.1) is 13.0 Å². The van der Waals surface area contributed by atoms with Gasteiger partial charge < -0.3 is 5.73 Å². The number of hydrogen-bond acceptors (Lipinski definition) is 3. The summed E-state index contributed by atoms with van der Waals surface area (Å²) in [6, 6.07) is 6.80. The minimum atomic E-state index is -0.166. The topological polar surface area (TPSA) is 81.1 Å². The quantitative estimate of drug-likeness (QED) is 0.353. The highest BCUT2D eigenvalue weighted by Crippen LogP contribution is 2.04. The average molecular weight is 219 g/mol. The second kappa shape index (κ2) is 4.65. The summed E-state index contributed by atoms with van der Waals surface area (Å²) >= 11 is 0. The van der Waals surface area contributed by atoms with Gasteiger partial charge in [0.25, 0.3) is 11.7 Å². The van der Waals surface area contributed by atoms with Crippen LogP contribution >= 0.6 is 0 Å². The zero-order chi connectivity index (χ0) is 11.4. The van der Waals surface area contributed by atoms with Gasteiger partial charge in [0, 0.05) is 11.3 Å². The molecule has 0 radical (unpaired) electrons. The van der Waals surface area contributed by atoms with Crippen molar-refractivity contribution >= 4 is 17.4 Å². The van der Waals surface area contributed by atoms with E-state index in [1.54, 1.807) is 24.3 Å². The summed E-state index contributed by atoms with van der Waals surface area (Å²) in [4.78, 5) is 14.8. The summed E-state index contributed by atoms with van der Waals surface area (Å²) in [6.07, 6.45) is 2.04. The SMILES string of the molecule is Nc1ccc(C(=O)NNC2=[NH+]CCC2)cc1. The van der Waals surface area contributed by atoms with Crippen molar-refractivity contribution in [2.45, 2.75) is 12.8 Å². The molecule has 16 heavy (non-hydrogen) atoms. The number of nitrogens with two attached hydrogens (primary N) is 1. The Morgan fingerprint density at radius 1 is 1.31 bits per heavy atom. The Balaban J connectivity index is 1.90. The first-order valence-electron chi connectivity index (χ1n) is 5.27. The van der Waals surface area contributed by atoms with Crippen molar-refractivity contribution in [3.05, 3.63) is 29.8 Å². The Labute approximate surface area is 93.7 Å². The lowest BCUT2D eigenvalue weighted by Crippen LogP contribution is -2.73. The lowest BCUT2D eigenvalue weighted by Gasteiger charge is -2.02. The van der Waals surface area contributed by atoms with Gasteiger partial charge in [0.1, 0.15) is 0 Å². The molecule has 0 aliphatic carbocycles. The first-order chi connectivity index (χ1) is 7.75. The Morgan fingerprint density at radius 3 is 2.69 bits per heavy atom. The summed E-state index contributed by atoms with van der Waals surface area (Å²) in [5.41, 5.74) is 12.3. The number of nitrogen functional groups attached to an aromatic ring is 1. The number of benzene rings is 1. The molecule has 1 aromatic carbocycles. The van der Waals surface area contributed by atoms with E-state index in [1.165, 1.54) is 0 Å². The first-order valence-corrected chi connectivity index (χ1v) is 5.27. The third-order valence-electron chi connectivity index (χ3n) is 2.44. The fourth-order valence-electron chi connectivity index (χ4n) is 1.54. The zero-order valence-corrected chi connectivity index (χ0v) is 8.92. The van der Waals surface area contributed by atoms with Crippen LogP contribution in [0.2, 0.25) is 0 Å². The number of nitrogens with one attached hydrogen (secondary N) is 3. The Morgan fingerprint density at radius 2 is 2.06 bits per heavy atom. The van der Waals surface area contributed by atoms with E-state index in [0.29, 0.717) is 11.3 Å². The minimum absolute atomic E-state index is 0.166. The highest BCUT2D eigenvalue weighted by Gasteiger charge is 2.14. The molecule has 5 N–H and O–H groups in total. The predicted octanol–water partition coefficient (Wildman–Crippen LogP) is -1.22. The van der Waals surface area contributed by atoms with Crippen molar-refractivity contribution in [2.75, 3.05) is 12.3 Å². The van der Waals surface area contributed by atoms with Gasteiger partial charge in [-0.05, 0) is 30.7 Å². The summed E-state index contributed by atoms with van der Waals surface area (Å²) in [5, 5.41) is 0. The molecule has 0 saturated heterocycles. The minimum Gasteiger partial charge on any atom is -0.399 e. The van der Waals surface area contributed by atoms with Crippen molar-refractivity contribution < 1.29 is 9.79 Å². The maximum atomic E-state index is 11.7. The van der Waals surface area contributed by atoms with Crippen LogP contribution in [0.15, 0.2) is 24.3 Å². The number of amides is 1. The molecular formula is C11H15N4O+. The predicted molar refractivity (Wildman–Crippen MR) is 61.5 cm³/mol. The van der Waals surface area contributed by atoms with Gasteiger partial charge in [0.2, 0.25) is 0 Å². The Kier molecular flexibility index (Phi) is 3.05. The highest BCUT2D eigenvalue weighted by molar-refractivity contribution is 5.95. The molecule has 0 unspecified atom stereocenters. The molecule has 0 aromatic heterocycles. The molecule has 1 aliphatic heterocycles. The maximum absolute atomic E-state index is 11.7. The van der Waals surface area contributed by atoms with Gasteiger partial charge >= 0.3 is 0 Å². The number of anilines is 1. The van der Waals surface area contributed by atoms with Crippen molar-refractivity contribution in [1.82, 2.24) is 10.9 Å². The van der Waals surface area contributed by atoms with Crippen LogP contribution in [-0.2, 0) is 0 Å². The van der Waals surface area contributed by atoms with E-state index in [9.17, 15) is 4.79 Å². The summed E-state index contributed by atoms with van der Waals surface area (Å²) in [5.74, 6) is 0.796. The van der Waals surface area contributed by atoms with Crippen LogP contribution in [0.4, 0.5) is 5.69 Å². The van der Waals surface area contributed by atoms with Crippen molar-refractivity contribution in [3.63, 3.8) is 0 Å². The molecule has 5 nitrogen and oxygen atoms in total. The normalized spacial score (nSPS) is 14.4. The first kappa shape index (κ1) is 10.5. The van der Waals surface area contributed by atoms with Gasteiger partial charge in [-0.1, -0.05) is 0 Å². The standard InChI is InChI=1S/C11H14N4O/c12-9-5-3-8(4-6-9)11(16)15-14-10-2-1-7-13-10/h3-6H,1-2,7,12H2,(H,13,14)(H,15,16)/p+1. The van der Waals surface area contributed by atoms with Gasteiger partial charge in [-0.3, -0.25) is 9.79 Å². The number of rotatable bonds is 1. The Hall–Kier alpha value is -2.04. The fourth-order valence-corrected chi connectivity index (χ4v) is 1.54. The van der Waals surface area contributed by atoms with E-state index in [2.05, 4.69) is 15.8 Å². The molecule has 5 heteroatoms. The monoisotopic (exact) mass is 219 g/mol. The van der Waals surface area contributed by atoms with Crippen LogP contribution < -0.4 is 21.6 Å². The number of hydrazine groups is 1. The number of amidine groups is 1. The molecule has 1 heterocycles. The molecule has 1 aromatic rings. The van der Waals surface area contributed by atoms with E-state index < -0.39 is 0 Å². The Bertz CT molecular complexity index is 410. The second-order valence-corrected chi connectivity index (χ2v) is 3.71. The van der Waals surface area contributed by atoms with Gasteiger partial charge in [-0.15, -0.1) is 0 Å². The van der Waals surface area contributed by atoms with E-state index in [1.807, 2.05) is 0 Å². The van der Waals surface area contributed by atoms with Crippen LogP contribution in [0.3, 0.4) is 0 Å². The van der Waals surface area contributed by atoms with Gasteiger partial charge in [-0.25, -0.2) is 0 Å². The summed E-state index contributed by atoms with van der Waals surface area (Å²) < 4.78 is 0. The lowest BCUT2D eigenvalue weighted by molar-refractivity contribution is -0.449. The molecule has 0 bridgehead atoms. The fraction of sp³-hybridized carbons (Fsp3) is 0.273. The van der Waals surface area contributed by atoms with Crippen LogP contribution in [0.1, 0.15) is 23.2 Å². The molecule has 0 atom stereocenters. The smallest absolute Gasteiger partial charge is 0.286 e. The average Bonchev–Trinajstić information content (AvgIpc) is 2.80. The van der Waals surface area contributed by atoms with Crippen LogP contribution in [0.5, 0.6) is 0 Å². The van der Waals surface area contributed by atoms with Gasteiger partial charge in [-0.2, -0.15) is 10.9 Å². The van der Waals surface area contributed by atoms with Crippen molar-refractivity contribution in [3.8, 4) is 0 Å². The zero-order valence-electron chi connectivity index (χ0n) is 8.92. The highest BCUT2D eigenvalue weighted by atomic mass is 16.2. The van der Waals surface area contributed by atoms with Crippen molar-refractivity contribution in [2.24, 2.45) is 0 Å². The van der Waals surface area contributed by atoms with E-state index >= 15 is 0 Å². The second-order valence-electron chi connectivity index (χ2n) is 3.71. The molecule has 1 aliphatic rings. The van der Waals surface area contributed by atoms with Crippen LogP contribution in [0, 0.1) is 0 Å². The molecule has 0 spiro atoms. The van der Waals surface area contributed by atoms with E-state index in [-0.39, 0.29) is 5.91 Å². The maximum Gasteiger partial charge on any atom is 0.286 e. The van der Waals surface area contributed by atoms with E-state index in [4.69, 9.17) is 5.73 Å². The number of hydrogen-bond donors (Lipinski definition) is 4. The van der Waals surface area contributed by atoms with Gasteiger partial charge in [0.15, 0.2) is 0 Å². The third kappa shape index (κ3) is 2.50. The third-order valence-corrected chi connectivity index (χ3v) is 2.44. The summed E-state index contributed by atoms with van der Waals surface area (Å²) in [6.45, 7) is 0.958. The number of carbonyl (C=O) groups is 1. The molecule has 2 rings (SSSR count). The largest absolute Gasteiger partial charge is 0.399 e. The molecule has 84 valence electrons. The van der Waals surface area contributed by atoms with Crippen LogP contribution in [0.25, 0.3) is 0 Å².